The van der Waals surface area contributed by atoms with Gasteiger partial charge in [0.1, 0.15) is 40.5 Å². The predicted octanol–water partition coefficient (Wildman–Crippen LogP) is 6.08. The molecule has 4 nitrogen and oxygen atoms in total. The van der Waals surface area contributed by atoms with E-state index in [4.69, 9.17) is 4.74 Å². The van der Waals surface area contributed by atoms with Crippen molar-refractivity contribution < 1.29 is 22.7 Å². The molecule has 0 aliphatic carbocycles. The molecule has 0 bridgehead atoms. The van der Waals surface area contributed by atoms with Gasteiger partial charge in [-0.1, -0.05) is 24.3 Å². The average molecular weight is 454 g/mol. The van der Waals surface area contributed by atoms with Crippen LogP contribution in [0.1, 0.15) is 16.1 Å². The number of ether oxygens (including phenoxy) is 1. The maximum absolute atomic E-state index is 14.7. The van der Waals surface area contributed by atoms with Crippen molar-refractivity contribution >= 4 is 22.9 Å². The molecule has 0 radical (unpaired) electrons. The van der Waals surface area contributed by atoms with Gasteiger partial charge in [0.2, 0.25) is 0 Å². The van der Waals surface area contributed by atoms with Crippen LogP contribution in [0.3, 0.4) is 0 Å². The van der Waals surface area contributed by atoms with Crippen molar-refractivity contribution in [1.82, 2.24) is 4.98 Å². The molecule has 8 heteroatoms. The number of benzene rings is 3. The van der Waals surface area contributed by atoms with E-state index in [-0.39, 0.29) is 35.1 Å². The molecule has 4 rings (SSSR count). The Hall–Kier alpha value is -3.65. The monoisotopic (exact) mass is 454 g/mol. The number of amides is 1. The number of carbonyl (C=O) groups excluding carboxylic acids is 1. The predicted molar refractivity (Wildman–Crippen MR) is 117 cm³/mol. The zero-order valence-corrected chi connectivity index (χ0v) is 17.7. The van der Waals surface area contributed by atoms with Gasteiger partial charge in [0.05, 0.1) is 5.56 Å². The van der Waals surface area contributed by atoms with Crippen LogP contribution >= 0.6 is 11.3 Å². The third-order valence-corrected chi connectivity index (χ3v) is 5.66. The third kappa shape index (κ3) is 4.50. The molecule has 1 amide bonds. The molecular weight excluding hydrogens is 437 g/mol. The van der Waals surface area contributed by atoms with Crippen LogP contribution in [-0.2, 0) is 6.61 Å². The highest BCUT2D eigenvalue weighted by Gasteiger charge is 2.19. The first-order chi connectivity index (χ1) is 15.4. The van der Waals surface area contributed by atoms with Crippen molar-refractivity contribution in [2.24, 2.45) is 0 Å². The Bertz CT molecular complexity index is 1240. The van der Waals surface area contributed by atoms with Crippen LogP contribution < -0.4 is 9.64 Å². The zero-order valence-electron chi connectivity index (χ0n) is 16.9. The standard InChI is InChI=1S/C24H17F3N2O2S/c1-29(15-6-3-2-4-7-15)24(30)22-14-32-23(28-22)17-11-10-16(12-21(17)27)31-13-18-19(25)8-5-9-20(18)26/h2-12,14H,13H2,1H3. The summed E-state index contributed by atoms with van der Waals surface area (Å²) in [7, 11) is 1.64. The number of halogens is 3. The lowest BCUT2D eigenvalue weighted by Crippen LogP contribution is -2.26. The molecule has 0 saturated carbocycles. The van der Waals surface area contributed by atoms with E-state index < -0.39 is 17.5 Å². The summed E-state index contributed by atoms with van der Waals surface area (Å²) in [5.41, 5.74) is 0.876. The third-order valence-electron chi connectivity index (χ3n) is 4.79. The molecule has 1 heterocycles. The number of carbonyl (C=O) groups is 1. The van der Waals surface area contributed by atoms with Crippen LogP contribution in [0.2, 0.25) is 0 Å². The number of nitrogens with zero attached hydrogens (tertiary/aromatic N) is 2. The second-order valence-corrected chi connectivity index (χ2v) is 7.73. The van der Waals surface area contributed by atoms with Crippen LogP contribution in [0, 0.1) is 17.5 Å². The fourth-order valence-corrected chi connectivity index (χ4v) is 3.84. The number of aromatic nitrogens is 1. The summed E-state index contributed by atoms with van der Waals surface area (Å²) in [6.45, 7) is -0.376. The lowest BCUT2D eigenvalue weighted by atomic mass is 10.2. The van der Waals surface area contributed by atoms with Crippen LogP contribution in [0.25, 0.3) is 10.6 Å². The lowest BCUT2D eigenvalue weighted by molar-refractivity contribution is 0.0989. The Morgan fingerprint density at radius 2 is 1.69 bits per heavy atom. The maximum atomic E-state index is 14.7. The van der Waals surface area contributed by atoms with Crippen LogP contribution in [0.5, 0.6) is 5.75 Å². The quantitative estimate of drug-likeness (QED) is 0.354. The SMILES string of the molecule is CN(C(=O)c1csc(-c2ccc(OCc3c(F)cccc3F)cc2F)n1)c1ccccc1. The van der Waals surface area contributed by atoms with Gasteiger partial charge in [-0.15, -0.1) is 11.3 Å². The highest BCUT2D eigenvalue weighted by atomic mass is 32.1. The van der Waals surface area contributed by atoms with E-state index in [1.54, 1.807) is 24.6 Å². The number of hydrogen-bond donors (Lipinski definition) is 0. The first-order valence-corrected chi connectivity index (χ1v) is 10.5. The van der Waals surface area contributed by atoms with Crippen molar-refractivity contribution in [3.05, 3.63) is 101 Å². The van der Waals surface area contributed by atoms with E-state index in [2.05, 4.69) is 4.98 Å². The summed E-state index contributed by atoms with van der Waals surface area (Å²) in [5, 5.41) is 1.90. The van der Waals surface area contributed by atoms with Gasteiger partial charge >= 0.3 is 0 Å². The molecule has 0 N–H and O–H groups in total. The van der Waals surface area contributed by atoms with E-state index in [0.717, 1.165) is 29.5 Å². The van der Waals surface area contributed by atoms with Gasteiger partial charge < -0.3 is 9.64 Å². The van der Waals surface area contributed by atoms with Crippen LogP contribution in [-0.4, -0.2) is 17.9 Å². The van der Waals surface area contributed by atoms with Gasteiger partial charge in [-0.2, -0.15) is 0 Å². The minimum Gasteiger partial charge on any atom is -0.489 e. The van der Waals surface area contributed by atoms with Gasteiger partial charge in [0, 0.05) is 29.7 Å². The summed E-state index contributed by atoms with van der Waals surface area (Å²) in [4.78, 5) is 18.4. The van der Waals surface area contributed by atoms with Gasteiger partial charge in [-0.3, -0.25) is 4.79 Å². The van der Waals surface area contributed by atoms with Crippen molar-refractivity contribution in [3.63, 3.8) is 0 Å². The van der Waals surface area contributed by atoms with E-state index in [1.807, 2.05) is 18.2 Å². The number of anilines is 1. The van der Waals surface area contributed by atoms with Gasteiger partial charge in [0.15, 0.2) is 0 Å². The number of para-hydroxylation sites is 1. The topological polar surface area (TPSA) is 42.4 Å². The minimum atomic E-state index is -0.734. The average Bonchev–Trinajstić information content (AvgIpc) is 3.28. The van der Waals surface area contributed by atoms with Crippen LogP contribution in [0.15, 0.2) is 72.1 Å². The maximum Gasteiger partial charge on any atom is 0.277 e. The number of rotatable bonds is 6. The van der Waals surface area contributed by atoms with E-state index in [9.17, 15) is 18.0 Å². The van der Waals surface area contributed by atoms with Crippen molar-refractivity contribution in [2.75, 3.05) is 11.9 Å². The van der Waals surface area contributed by atoms with Crippen molar-refractivity contribution in [1.29, 1.82) is 0 Å². The highest BCUT2D eigenvalue weighted by molar-refractivity contribution is 7.13. The van der Waals surface area contributed by atoms with E-state index in [0.29, 0.717) is 10.7 Å². The molecule has 32 heavy (non-hydrogen) atoms. The highest BCUT2D eigenvalue weighted by Crippen LogP contribution is 2.30. The first-order valence-electron chi connectivity index (χ1n) is 9.58. The molecule has 0 aliphatic rings. The molecule has 0 fully saturated rings. The van der Waals surface area contributed by atoms with Gasteiger partial charge in [-0.05, 0) is 36.4 Å². The number of thiazole rings is 1. The molecule has 0 saturated heterocycles. The summed E-state index contributed by atoms with van der Waals surface area (Å²) >= 11 is 1.14. The Morgan fingerprint density at radius 1 is 0.969 bits per heavy atom. The fraction of sp³-hybridized carbons (Fsp3) is 0.0833. The second-order valence-electron chi connectivity index (χ2n) is 6.87. The van der Waals surface area contributed by atoms with Crippen molar-refractivity contribution in [2.45, 2.75) is 6.61 Å². The minimum absolute atomic E-state index is 0.116. The summed E-state index contributed by atoms with van der Waals surface area (Å²) in [5.74, 6) is -2.29. The molecule has 0 aliphatic heterocycles. The Labute approximate surface area is 186 Å². The largest absolute Gasteiger partial charge is 0.489 e. The Kier molecular flexibility index (Phi) is 6.23. The van der Waals surface area contributed by atoms with E-state index >= 15 is 0 Å². The summed E-state index contributed by atoms with van der Waals surface area (Å²) in [6, 6.07) is 16.7. The molecule has 3 aromatic carbocycles. The zero-order chi connectivity index (χ0) is 22.7. The number of hydrogen-bond acceptors (Lipinski definition) is 4. The molecule has 1 aromatic heterocycles. The van der Waals surface area contributed by atoms with Crippen molar-refractivity contribution in [3.8, 4) is 16.3 Å². The molecular formula is C24H17F3N2O2S. The fourth-order valence-electron chi connectivity index (χ4n) is 3.02. The summed E-state index contributed by atoms with van der Waals surface area (Å²) in [6.07, 6.45) is 0. The molecule has 0 spiro atoms. The molecule has 4 aromatic rings. The normalized spacial score (nSPS) is 10.8. The molecule has 0 unspecified atom stereocenters. The smallest absolute Gasteiger partial charge is 0.277 e. The second kappa shape index (κ2) is 9.23. The first kappa shape index (κ1) is 21.6. The lowest BCUT2D eigenvalue weighted by Gasteiger charge is -2.15. The molecule has 162 valence electrons. The Balaban J connectivity index is 1.49. The van der Waals surface area contributed by atoms with E-state index in [1.165, 1.54) is 23.1 Å². The van der Waals surface area contributed by atoms with Gasteiger partial charge in [-0.25, -0.2) is 18.2 Å². The molecule has 0 atom stereocenters. The Morgan fingerprint density at radius 3 is 2.38 bits per heavy atom. The van der Waals surface area contributed by atoms with Crippen LogP contribution in [0.4, 0.5) is 18.9 Å². The summed E-state index contributed by atoms with van der Waals surface area (Å²) < 4.78 is 47.5. The van der Waals surface area contributed by atoms with Gasteiger partial charge in [0.25, 0.3) is 5.91 Å².